The second-order valence-electron chi connectivity index (χ2n) is 8.00. The molecule has 161 valence electrons. The Morgan fingerprint density at radius 3 is 2.57 bits per heavy atom. The van der Waals surface area contributed by atoms with Crippen LogP contribution in [0.2, 0.25) is 0 Å². The Balaban J connectivity index is 1.57. The number of likely N-dealkylation sites (tertiary alicyclic amines) is 1. The lowest BCUT2D eigenvalue weighted by Gasteiger charge is -2.45. The van der Waals surface area contributed by atoms with Crippen LogP contribution in [0.5, 0.6) is 11.5 Å². The second-order valence-corrected chi connectivity index (χ2v) is 8.00. The van der Waals surface area contributed by atoms with E-state index in [0.717, 1.165) is 63.0 Å². The van der Waals surface area contributed by atoms with Crippen LogP contribution in [0.25, 0.3) is 0 Å². The molecular formula is C23H28F2N3O2. The van der Waals surface area contributed by atoms with Crippen LogP contribution in [0.4, 0.5) is 14.5 Å². The number of benzene rings is 2. The predicted molar refractivity (Wildman–Crippen MR) is 112 cm³/mol. The number of halogens is 2. The van der Waals surface area contributed by atoms with Crippen molar-refractivity contribution in [1.82, 2.24) is 10.2 Å². The van der Waals surface area contributed by atoms with E-state index < -0.39 is 11.6 Å². The van der Waals surface area contributed by atoms with Gasteiger partial charge in [-0.05, 0) is 49.1 Å². The smallest absolute Gasteiger partial charge is 0.162 e. The summed E-state index contributed by atoms with van der Waals surface area (Å²) in [5, 5.41) is 4.49. The molecular weight excluding hydrogens is 388 g/mol. The second kappa shape index (κ2) is 9.18. The van der Waals surface area contributed by atoms with Crippen LogP contribution >= 0.6 is 0 Å². The van der Waals surface area contributed by atoms with Gasteiger partial charge in [0.1, 0.15) is 17.6 Å². The van der Waals surface area contributed by atoms with E-state index in [-0.39, 0.29) is 12.1 Å². The van der Waals surface area contributed by atoms with E-state index in [4.69, 9.17) is 15.2 Å². The maximum Gasteiger partial charge on any atom is 0.162 e. The van der Waals surface area contributed by atoms with Gasteiger partial charge in [-0.25, -0.2) is 14.1 Å². The highest BCUT2D eigenvalue weighted by atomic mass is 19.2. The van der Waals surface area contributed by atoms with Crippen LogP contribution < -0.4 is 20.5 Å². The Bertz CT molecular complexity index is 874. The van der Waals surface area contributed by atoms with Gasteiger partial charge in [0.15, 0.2) is 11.6 Å². The molecule has 1 radical (unpaired) electrons. The van der Waals surface area contributed by atoms with Gasteiger partial charge < -0.3 is 15.2 Å². The lowest BCUT2D eigenvalue weighted by molar-refractivity contribution is 0.0179. The summed E-state index contributed by atoms with van der Waals surface area (Å²) in [5.74, 6) is -0.741. The number of hydrogen-bond acceptors (Lipinski definition) is 4. The van der Waals surface area contributed by atoms with E-state index in [9.17, 15) is 8.78 Å². The Morgan fingerprint density at radius 1 is 1.03 bits per heavy atom. The third kappa shape index (κ3) is 4.52. The van der Waals surface area contributed by atoms with Gasteiger partial charge in [-0.1, -0.05) is 6.07 Å². The number of ether oxygens (including phenoxy) is 2. The molecule has 2 heterocycles. The highest BCUT2D eigenvalue weighted by Gasteiger charge is 2.35. The largest absolute Gasteiger partial charge is 0.495 e. The number of anilines is 1. The molecule has 0 aliphatic carbocycles. The van der Waals surface area contributed by atoms with Gasteiger partial charge in [0.2, 0.25) is 0 Å². The maximum atomic E-state index is 13.6. The van der Waals surface area contributed by atoms with Crippen molar-refractivity contribution in [3.8, 4) is 11.5 Å². The van der Waals surface area contributed by atoms with Gasteiger partial charge in [-0.15, -0.1) is 0 Å². The lowest BCUT2D eigenvalue weighted by atomic mass is 9.89. The van der Waals surface area contributed by atoms with Crippen LogP contribution in [0.1, 0.15) is 37.3 Å². The van der Waals surface area contributed by atoms with Crippen molar-refractivity contribution >= 4 is 5.69 Å². The summed E-state index contributed by atoms with van der Waals surface area (Å²) in [6, 6.07) is 10.2. The summed E-state index contributed by atoms with van der Waals surface area (Å²) < 4.78 is 38.3. The predicted octanol–water partition coefficient (Wildman–Crippen LogP) is 3.91. The summed E-state index contributed by atoms with van der Waals surface area (Å²) >= 11 is 0. The van der Waals surface area contributed by atoms with E-state index in [2.05, 4.69) is 10.2 Å². The topological polar surface area (TPSA) is 61.8 Å². The van der Waals surface area contributed by atoms with Crippen LogP contribution in [0.3, 0.4) is 0 Å². The number of rotatable bonds is 5. The summed E-state index contributed by atoms with van der Waals surface area (Å²) in [5.41, 5.74) is 7.75. The van der Waals surface area contributed by atoms with Gasteiger partial charge in [0.05, 0.1) is 12.8 Å². The fourth-order valence-corrected chi connectivity index (χ4v) is 4.57. The average Bonchev–Trinajstić information content (AvgIpc) is 2.77. The number of nitrogens with two attached hydrogens (primary N) is 1. The zero-order chi connectivity index (χ0) is 21.1. The molecule has 7 heteroatoms. The lowest BCUT2D eigenvalue weighted by Crippen LogP contribution is -2.48. The molecule has 2 unspecified atom stereocenters. The molecule has 2 aromatic rings. The van der Waals surface area contributed by atoms with Crippen LogP contribution in [-0.4, -0.2) is 43.8 Å². The molecule has 2 aromatic carbocycles. The molecule has 2 aliphatic rings. The first-order valence-electron chi connectivity index (χ1n) is 10.5. The fraction of sp³-hybridized carbons (Fsp3) is 0.478. The maximum absolute atomic E-state index is 13.6. The Morgan fingerprint density at radius 2 is 1.83 bits per heavy atom. The van der Waals surface area contributed by atoms with Crippen molar-refractivity contribution in [2.75, 3.05) is 32.5 Å². The molecule has 2 N–H and O–H groups in total. The van der Waals surface area contributed by atoms with Gasteiger partial charge in [-0.3, -0.25) is 4.90 Å². The van der Waals surface area contributed by atoms with E-state index in [1.54, 1.807) is 7.11 Å². The molecule has 0 aromatic heterocycles. The highest BCUT2D eigenvalue weighted by Crippen LogP contribution is 2.38. The van der Waals surface area contributed by atoms with Gasteiger partial charge >= 0.3 is 0 Å². The SMILES string of the molecule is COc1cc(C2CC(Oc3ccc(F)c(F)c3)CCN2C2CC[N]CC2)ccc1N. The summed E-state index contributed by atoms with van der Waals surface area (Å²) in [7, 11) is 1.62. The summed E-state index contributed by atoms with van der Waals surface area (Å²) in [4.78, 5) is 2.55. The molecule has 30 heavy (non-hydrogen) atoms. The van der Waals surface area contributed by atoms with Crippen molar-refractivity contribution in [1.29, 1.82) is 0 Å². The molecule has 0 bridgehead atoms. The Hall–Kier alpha value is -2.38. The van der Waals surface area contributed by atoms with E-state index in [0.29, 0.717) is 23.2 Å². The van der Waals surface area contributed by atoms with Crippen molar-refractivity contribution in [2.45, 2.75) is 43.9 Å². The molecule has 2 fully saturated rings. The first kappa shape index (κ1) is 20.9. The standard InChI is InChI=1S/C23H28F2N3O2/c1-29-23-12-15(2-5-21(23)26)22-14-18(30-17-3-4-19(24)20(25)13-17)8-11-28(22)16-6-9-27-10-7-16/h2-5,12-13,16,18,22H,6-11,14,26H2,1H3. The highest BCUT2D eigenvalue weighted by molar-refractivity contribution is 5.54. The minimum absolute atomic E-state index is 0.0899. The molecule has 2 saturated heterocycles. The third-order valence-corrected chi connectivity index (χ3v) is 6.14. The zero-order valence-corrected chi connectivity index (χ0v) is 17.2. The number of nitrogen functional groups attached to an aromatic ring is 1. The molecule has 5 nitrogen and oxygen atoms in total. The molecule has 0 amide bonds. The number of nitrogens with zero attached hydrogens (tertiary/aromatic N) is 2. The van der Waals surface area contributed by atoms with Crippen molar-refractivity contribution in [2.24, 2.45) is 0 Å². The van der Waals surface area contributed by atoms with Crippen LogP contribution in [0, 0.1) is 11.6 Å². The minimum Gasteiger partial charge on any atom is -0.495 e. The van der Waals surface area contributed by atoms with Gasteiger partial charge in [0, 0.05) is 44.2 Å². The number of piperidine rings is 2. The van der Waals surface area contributed by atoms with Crippen molar-refractivity contribution < 1.29 is 18.3 Å². The fourth-order valence-electron chi connectivity index (χ4n) is 4.57. The first-order valence-corrected chi connectivity index (χ1v) is 10.5. The molecule has 2 atom stereocenters. The average molecular weight is 416 g/mol. The van der Waals surface area contributed by atoms with E-state index in [1.807, 2.05) is 18.2 Å². The Labute approximate surface area is 176 Å². The van der Waals surface area contributed by atoms with Gasteiger partial charge in [-0.2, -0.15) is 0 Å². The summed E-state index contributed by atoms with van der Waals surface area (Å²) in [6.07, 6.45) is 3.59. The first-order chi connectivity index (χ1) is 14.5. The van der Waals surface area contributed by atoms with Gasteiger partial charge in [0.25, 0.3) is 0 Å². The zero-order valence-electron chi connectivity index (χ0n) is 17.2. The summed E-state index contributed by atoms with van der Waals surface area (Å²) in [6.45, 7) is 2.66. The van der Waals surface area contributed by atoms with Crippen LogP contribution in [-0.2, 0) is 0 Å². The monoisotopic (exact) mass is 416 g/mol. The quantitative estimate of drug-likeness (QED) is 0.751. The molecule has 4 rings (SSSR count). The van der Waals surface area contributed by atoms with E-state index in [1.165, 1.54) is 6.07 Å². The van der Waals surface area contributed by atoms with E-state index >= 15 is 0 Å². The molecule has 0 saturated carbocycles. The minimum atomic E-state index is -0.893. The Kier molecular flexibility index (Phi) is 6.39. The normalized spacial score (nSPS) is 23.3. The molecule has 0 spiro atoms. The van der Waals surface area contributed by atoms with Crippen molar-refractivity contribution in [3.05, 3.63) is 53.6 Å². The third-order valence-electron chi connectivity index (χ3n) is 6.14. The molecule has 2 aliphatic heterocycles. The van der Waals surface area contributed by atoms with Crippen LogP contribution in [0.15, 0.2) is 36.4 Å². The van der Waals surface area contributed by atoms with Crippen molar-refractivity contribution in [3.63, 3.8) is 0 Å². The number of methoxy groups -OCH3 is 1. The number of hydrogen-bond donors (Lipinski definition) is 1.